The van der Waals surface area contributed by atoms with Crippen molar-refractivity contribution in [1.82, 2.24) is 4.31 Å². The second-order valence-electron chi connectivity index (χ2n) is 4.93. The van der Waals surface area contributed by atoms with Gasteiger partial charge in [-0.05, 0) is 31.6 Å². The summed E-state index contributed by atoms with van der Waals surface area (Å²) in [4.78, 5) is 0. The van der Waals surface area contributed by atoms with Crippen molar-refractivity contribution in [2.24, 2.45) is 5.92 Å². The molecule has 5 heteroatoms. The highest BCUT2D eigenvalue weighted by molar-refractivity contribution is 7.89. The summed E-state index contributed by atoms with van der Waals surface area (Å²) in [5.74, 6) is 0.448. The third-order valence-corrected chi connectivity index (χ3v) is 5.83. The Morgan fingerprint density at radius 3 is 2.56 bits per heavy atom. The fourth-order valence-electron chi connectivity index (χ4n) is 2.96. The zero-order valence-electron chi connectivity index (χ0n) is 9.64. The molecule has 2 rings (SSSR count). The Morgan fingerprint density at radius 2 is 1.88 bits per heavy atom. The van der Waals surface area contributed by atoms with Gasteiger partial charge in [0.25, 0.3) is 0 Å². The minimum absolute atomic E-state index is 0.0593. The smallest absolute Gasteiger partial charge is 0.214 e. The third kappa shape index (κ3) is 2.41. The Bertz CT molecular complexity index is 328. The molecule has 0 aromatic heterocycles. The summed E-state index contributed by atoms with van der Waals surface area (Å²) in [6.07, 6.45) is 5.85. The number of hydrogen-bond acceptors (Lipinski definition) is 3. The lowest BCUT2D eigenvalue weighted by molar-refractivity contribution is 0.109. The molecule has 1 aliphatic carbocycles. The largest absolute Gasteiger partial charge is 0.396 e. The minimum atomic E-state index is -3.04. The number of sulfonamides is 1. The molecule has 0 amide bonds. The molecule has 1 N–H and O–H groups in total. The van der Waals surface area contributed by atoms with Crippen molar-refractivity contribution >= 4 is 10.0 Å². The van der Waals surface area contributed by atoms with Gasteiger partial charge in [0.1, 0.15) is 0 Å². The van der Waals surface area contributed by atoms with Gasteiger partial charge in [-0.1, -0.05) is 12.8 Å². The molecule has 1 saturated heterocycles. The summed E-state index contributed by atoms with van der Waals surface area (Å²) in [5, 5.41) is 9.34. The van der Waals surface area contributed by atoms with Gasteiger partial charge >= 0.3 is 0 Å². The summed E-state index contributed by atoms with van der Waals surface area (Å²) >= 11 is 0. The van der Waals surface area contributed by atoms with Crippen LogP contribution in [0.1, 0.15) is 38.5 Å². The average Bonchev–Trinajstić information content (AvgIpc) is 2.28. The first-order valence-electron chi connectivity index (χ1n) is 6.25. The van der Waals surface area contributed by atoms with E-state index in [9.17, 15) is 13.5 Å². The lowest BCUT2D eigenvalue weighted by Gasteiger charge is -2.40. The topological polar surface area (TPSA) is 57.6 Å². The predicted molar refractivity (Wildman–Crippen MR) is 62.6 cm³/mol. The maximum Gasteiger partial charge on any atom is 0.214 e. The van der Waals surface area contributed by atoms with Gasteiger partial charge < -0.3 is 5.11 Å². The summed E-state index contributed by atoms with van der Waals surface area (Å²) in [6, 6.07) is 0.0593. The van der Waals surface area contributed by atoms with E-state index in [1.54, 1.807) is 4.31 Å². The maximum absolute atomic E-state index is 12.0. The van der Waals surface area contributed by atoms with E-state index in [4.69, 9.17) is 0 Å². The second kappa shape index (κ2) is 5.02. The molecule has 1 aliphatic heterocycles. The average molecular weight is 247 g/mol. The van der Waals surface area contributed by atoms with Crippen LogP contribution in [0, 0.1) is 5.92 Å². The number of rotatable bonds is 2. The van der Waals surface area contributed by atoms with E-state index in [1.807, 2.05) is 0 Å². The molecular formula is C11H21NO3S. The zero-order chi connectivity index (χ0) is 11.6. The summed E-state index contributed by atoms with van der Waals surface area (Å²) in [5.41, 5.74) is 0. The first-order chi connectivity index (χ1) is 7.65. The van der Waals surface area contributed by atoms with Crippen molar-refractivity contribution in [3.05, 3.63) is 0 Å². The highest BCUT2D eigenvalue weighted by atomic mass is 32.2. The van der Waals surface area contributed by atoms with Crippen molar-refractivity contribution in [2.75, 3.05) is 18.9 Å². The van der Waals surface area contributed by atoms with Crippen LogP contribution in [0.15, 0.2) is 0 Å². The molecule has 94 valence electrons. The minimum Gasteiger partial charge on any atom is -0.396 e. The predicted octanol–water partition coefficient (Wildman–Crippen LogP) is 0.963. The van der Waals surface area contributed by atoms with Gasteiger partial charge in [0.15, 0.2) is 0 Å². The molecular weight excluding hydrogens is 226 g/mol. The van der Waals surface area contributed by atoms with Crippen molar-refractivity contribution in [3.63, 3.8) is 0 Å². The van der Waals surface area contributed by atoms with Crippen molar-refractivity contribution in [2.45, 2.75) is 44.6 Å². The van der Waals surface area contributed by atoms with E-state index in [0.717, 1.165) is 38.5 Å². The molecule has 0 aromatic rings. The molecule has 0 bridgehead atoms. The van der Waals surface area contributed by atoms with E-state index < -0.39 is 10.0 Å². The SMILES string of the molecule is O=S1(=O)CCCCN1C1CCCCC1CO. The zero-order valence-corrected chi connectivity index (χ0v) is 10.5. The van der Waals surface area contributed by atoms with Crippen molar-refractivity contribution in [1.29, 1.82) is 0 Å². The third-order valence-electron chi connectivity index (χ3n) is 3.86. The van der Waals surface area contributed by atoms with Crippen LogP contribution >= 0.6 is 0 Å². The van der Waals surface area contributed by atoms with Gasteiger partial charge in [0.05, 0.1) is 5.75 Å². The first-order valence-corrected chi connectivity index (χ1v) is 7.86. The van der Waals surface area contributed by atoms with E-state index in [2.05, 4.69) is 0 Å². The maximum atomic E-state index is 12.0. The molecule has 0 radical (unpaired) electrons. The van der Waals surface area contributed by atoms with Gasteiger partial charge in [0, 0.05) is 19.2 Å². The molecule has 1 heterocycles. The highest BCUT2D eigenvalue weighted by Crippen LogP contribution is 2.31. The molecule has 2 aliphatic rings. The molecule has 0 spiro atoms. The Kier molecular flexibility index (Phi) is 3.87. The molecule has 4 nitrogen and oxygen atoms in total. The number of aliphatic hydroxyl groups excluding tert-OH is 1. The first kappa shape index (κ1) is 12.3. The van der Waals surface area contributed by atoms with Crippen LogP contribution in [0.2, 0.25) is 0 Å². The molecule has 1 saturated carbocycles. The van der Waals surface area contributed by atoms with E-state index in [0.29, 0.717) is 12.3 Å². The van der Waals surface area contributed by atoms with Crippen LogP contribution in [0.5, 0.6) is 0 Å². The Balaban J connectivity index is 2.14. The Morgan fingerprint density at radius 1 is 1.12 bits per heavy atom. The highest BCUT2D eigenvalue weighted by Gasteiger charge is 2.37. The van der Waals surface area contributed by atoms with E-state index in [-0.39, 0.29) is 18.6 Å². The fraction of sp³-hybridized carbons (Fsp3) is 1.00. The van der Waals surface area contributed by atoms with Crippen molar-refractivity contribution < 1.29 is 13.5 Å². The molecule has 16 heavy (non-hydrogen) atoms. The summed E-state index contributed by atoms with van der Waals surface area (Å²) in [7, 11) is -3.04. The van der Waals surface area contributed by atoms with Gasteiger partial charge in [-0.25, -0.2) is 8.42 Å². The Labute approximate surface area is 97.7 Å². The van der Waals surface area contributed by atoms with Crippen molar-refractivity contribution in [3.8, 4) is 0 Å². The van der Waals surface area contributed by atoms with Gasteiger partial charge in [-0.3, -0.25) is 0 Å². The van der Waals surface area contributed by atoms with Crippen LogP contribution in [0.4, 0.5) is 0 Å². The van der Waals surface area contributed by atoms with Crippen LogP contribution in [-0.4, -0.2) is 42.8 Å². The fourth-order valence-corrected chi connectivity index (χ4v) is 4.86. The molecule has 2 fully saturated rings. The lowest BCUT2D eigenvalue weighted by atomic mass is 9.85. The number of hydrogen-bond donors (Lipinski definition) is 1. The van der Waals surface area contributed by atoms with Crippen LogP contribution in [0.3, 0.4) is 0 Å². The number of nitrogens with zero attached hydrogens (tertiary/aromatic N) is 1. The quantitative estimate of drug-likeness (QED) is 0.791. The second-order valence-corrected chi connectivity index (χ2v) is 6.97. The van der Waals surface area contributed by atoms with Gasteiger partial charge in [0.2, 0.25) is 10.0 Å². The molecule has 2 atom stereocenters. The van der Waals surface area contributed by atoms with Crippen LogP contribution < -0.4 is 0 Å². The van der Waals surface area contributed by atoms with Gasteiger partial charge in [-0.2, -0.15) is 4.31 Å². The monoisotopic (exact) mass is 247 g/mol. The van der Waals surface area contributed by atoms with E-state index >= 15 is 0 Å². The molecule has 2 unspecified atom stereocenters. The normalized spacial score (nSPS) is 36.1. The lowest BCUT2D eigenvalue weighted by Crippen LogP contribution is -2.50. The Hall–Kier alpha value is -0.130. The number of aliphatic hydroxyl groups is 1. The van der Waals surface area contributed by atoms with Gasteiger partial charge in [-0.15, -0.1) is 0 Å². The summed E-state index contributed by atoms with van der Waals surface area (Å²) < 4.78 is 25.7. The standard InChI is InChI=1S/C11H21NO3S/c13-9-10-5-1-2-6-11(10)12-7-3-4-8-16(12,14)15/h10-11,13H,1-9H2. The van der Waals surface area contributed by atoms with Crippen LogP contribution in [-0.2, 0) is 10.0 Å². The summed E-state index contributed by atoms with van der Waals surface area (Å²) in [6.45, 7) is 0.778. The van der Waals surface area contributed by atoms with Crippen LogP contribution in [0.25, 0.3) is 0 Å². The van der Waals surface area contributed by atoms with E-state index in [1.165, 1.54) is 0 Å². The molecule has 0 aromatic carbocycles.